The van der Waals surface area contributed by atoms with E-state index >= 15 is 0 Å². The van der Waals surface area contributed by atoms with Crippen LogP contribution >= 0.6 is 23.2 Å². The second kappa shape index (κ2) is 10.9. The van der Waals surface area contributed by atoms with E-state index in [4.69, 9.17) is 32.7 Å². The molecule has 0 spiro atoms. The van der Waals surface area contributed by atoms with E-state index in [-0.39, 0.29) is 32.7 Å². The van der Waals surface area contributed by atoms with E-state index in [1.54, 1.807) is 12.1 Å². The molecule has 11 heteroatoms. The molecule has 0 unspecified atom stereocenters. The first-order valence-corrected chi connectivity index (χ1v) is 13.5. The number of aromatic nitrogens is 1. The van der Waals surface area contributed by atoms with Gasteiger partial charge in [0.25, 0.3) is 10.0 Å². The van der Waals surface area contributed by atoms with Crippen molar-refractivity contribution in [3.05, 3.63) is 70.3 Å². The molecule has 1 aliphatic heterocycles. The molecule has 0 radical (unpaired) electrons. The van der Waals surface area contributed by atoms with Gasteiger partial charge in [0.15, 0.2) is 0 Å². The SMILES string of the molecule is CC(=O)OC1CCN(c2ccc(Oc3ccc(NS(=O)(=O)c4ccc(Cl)c(Cl)c4)cn3)c(C)c2)CC1. The lowest BCUT2D eigenvalue weighted by atomic mass is 10.1. The Balaban J connectivity index is 1.38. The Kier molecular flexibility index (Phi) is 7.92. The largest absolute Gasteiger partial charge is 0.462 e. The minimum Gasteiger partial charge on any atom is -0.462 e. The van der Waals surface area contributed by atoms with Gasteiger partial charge in [-0.15, -0.1) is 0 Å². The Labute approximate surface area is 220 Å². The van der Waals surface area contributed by atoms with Gasteiger partial charge >= 0.3 is 5.97 Å². The Morgan fingerprint density at radius 1 is 1.06 bits per heavy atom. The van der Waals surface area contributed by atoms with Crippen molar-refractivity contribution in [1.82, 2.24) is 4.98 Å². The monoisotopic (exact) mass is 549 g/mol. The fourth-order valence-electron chi connectivity index (χ4n) is 3.88. The van der Waals surface area contributed by atoms with Crippen molar-refractivity contribution in [3.63, 3.8) is 0 Å². The number of halogens is 2. The van der Waals surface area contributed by atoms with Gasteiger partial charge in [-0.05, 0) is 55.0 Å². The van der Waals surface area contributed by atoms with E-state index in [2.05, 4.69) is 14.6 Å². The first-order valence-electron chi connectivity index (χ1n) is 11.3. The summed E-state index contributed by atoms with van der Waals surface area (Å²) >= 11 is 11.8. The molecule has 4 rings (SSSR count). The maximum Gasteiger partial charge on any atom is 0.302 e. The highest BCUT2D eigenvalue weighted by atomic mass is 35.5. The molecular weight excluding hydrogens is 525 g/mol. The van der Waals surface area contributed by atoms with Crippen molar-refractivity contribution in [1.29, 1.82) is 0 Å². The van der Waals surface area contributed by atoms with Gasteiger partial charge in [-0.3, -0.25) is 9.52 Å². The van der Waals surface area contributed by atoms with Crippen molar-refractivity contribution in [2.45, 2.75) is 37.7 Å². The number of carbonyl (C=O) groups is 1. The number of hydrogen-bond donors (Lipinski definition) is 1. The van der Waals surface area contributed by atoms with Crippen LogP contribution in [0.15, 0.2) is 59.6 Å². The van der Waals surface area contributed by atoms with Crippen LogP contribution in [0.2, 0.25) is 10.0 Å². The van der Waals surface area contributed by atoms with Gasteiger partial charge in [-0.1, -0.05) is 23.2 Å². The first-order chi connectivity index (χ1) is 17.1. The van der Waals surface area contributed by atoms with Crippen LogP contribution in [-0.2, 0) is 19.6 Å². The molecular formula is C25H25Cl2N3O5S. The van der Waals surface area contributed by atoms with Crippen LogP contribution < -0.4 is 14.4 Å². The number of pyridine rings is 1. The van der Waals surface area contributed by atoms with E-state index in [0.29, 0.717) is 11.6 Å². The summed E-state index contributed by atoms with van der Waals surface area (Å²) in [5.74, 6) is 0.729. The fraction of sp³-hybridized carbons (Fsp3) is 0.280. The van der Waals surface area contributed by atoms with Gasteiger partial charge in [0.2, 0.25) is 5.88 Å². The summed E-state index contributed by atoms with van der Waals surface area (Å²) in [6.45, 7) is 4.99. The number of benzene rings is 2. The molecule has 0 aliphatic carbocycles. The van der Waals surface area contributed by atoms with Crippen LogP contribution in [0.1, 0.15) is 25.3 Å². The molecule has 8 nitrogen and oxygen atoms in total. The molecule has 1 aliphatic rings. The summed E-state index contributed by atoms with van der Waals surface area (Å²) in [5, 5.41) is 0.417. The molecule has 36 heavy (non-hydrogen) atoms. The minimum absolute atomic E-state index is 0.0106. The first kappa shape index (κ1) is 26.1. The lowest BCUT2D eigenvalue weighted by Crippen LogP contribution is -2.37. The van der Waals surface area contributed by atoms with E-state index in [9.17, 15) is 13.2 Å². The molecule has 2 heterocycles. The second-order valence-corrected chi connectivity index (χ2v) is 10.9. The van der Waals surface area contributed by atoms with E-state index in [1.807, 2.05) is 25.1 Å². The summed E-state index contributed by atoms with van der Waals surface area (Å²) in [7, 11) is -3.86. The average Bonchev–Trinajstić information content (AvgIpc) is 2.83. The van der Waals surface area contributed by atoms with Crippen molar-refractivity contribution in [2.24, 2.45) is 0 Å². The average molecular weight is 550 g/mol. The number of rotatable bonds is 7. The third-order valence-electron chi connectivity index (χ3n) is 5.70. The maximum atomic E-state index is 12.6. The van der Waals surface area contributed by atoms with E-state index in [1.165, 1.54) is 31.3 Å². The molecule has 0 amide bonds. The van der Waals surface area contributed by atoms with Crippen LogP contribution in [0.25, 0.3) is 0 Å². The molecule has 0 saturated carbocycles. The maximum absolute atomic E-state index is 12.6. The summed E-state index contributed by atoms with van der Waals surface area (Å²) < 4.78 is 38.9. The van der Waals surface area contributed by atoms with Crippen LogP contribution in [0, 0.1) is 6.92 Å². The number of hydrogen-bond acceptors (Lipinski definition) is 7. The number of carbonyl (C=O) groups excluding carboxylic acids is 1. The normalized spacial score (nSPS) is 14.4. The third kappa shape index (κ3) is 6.40. The van der Waals surface area contributed by atoms with Crippen LogP contribution in [0.5, 0.6) is 11.6 Å². The van der Waals surface area contributed by atoms with Gasteiger partial charge in [-0.25, -0.2) is 13.4 Å². The molecule has 3 aromatic rings. The second-order valence-electron chi connectivity index (χ2n) is 8.41. The van der Waals surface area contributed by atoms with Crippen LogP contribution in [0.4, 0.5) is 11.4 Å². The number of ether oxygens (including phenoxy) is 2. The Morgan fingerprint density at radius 3 is 2.42 bits per heavy atom. The number of piperidine rings is 1. The zero-order valence-corrected chi connectivity index (χ0v) is 22.0. The van der Waals surface area contributed by atoms with Gasteiger partial charge < -0.3 is 14.4 Å². The smallest absolute Gasteiger partial charge is 0.302 e. The molecule has 0 atom stereocenters. The number of anilines is 2. The summed E-state index contributed by atoms with van der Waals surface area (Å²) in [6.07, 6.45) is 2.94. The summed E-state index contributed by atoms with van der Waals surface area (Å²) in [5.41, 5.74) is 2.28. The molecule has 1 aromatic heterocycles. The van der Waals surface area contributed by atoms with Gasteiger partial charge in [0.05, 0.1) is 26.8 Å². The van der Waals surface area contributed by atoms with Crippen molar-refractivity contribution in [2.75, 3.05) is 22.7 Å². The Hall–Kier alpha value is -3.01. The molecule has 1 fully saturated rings. The van der Waals surface area contributed by atoms with Gasteiger partial charge in [-0.2, -0.15) is 0 Å². The topological polar surface area (TPSA) is 97.8 Å². The van der Waals surface area contributed by atoms with Crippen molar-refractivity contribution < 1.29 is 22.7 Å². The molecule has 1 N–H and O–H groups in total. The number of nitrogens with one attached hydrogen (secondary N) is 1. The Bertz CT molecular complexity index is 1360. The Morgan fingerprint density at radius 2 is 1.81 bits per heavy atom. The number of esters is 1. The lowest BCUT2D eigenvalue weighted by Gasteiger charge is -2.33. The van der Waals surface area contributed by atoms with Crippen LogP contribution in [-0.4, -0.2) is 38.6 Å². The van der Waals surface area contributed by atoms with Crippen molar-refractivity contribution in [3.8, 4) is 11.6 Å². The predicted molar refractivity (Wildman–Crippen MR) is 140 cm³/mol. The highest BCUT2D eigenvalue weighted by Crippen LogP contribution is 2.30. The number of aryl methyl sites for hydroxylation is 1. The molecule has 2 aromatic carbocycles. The molecule has 0 bridgehead atoms. The van der Waals surface area contributed by atoms with Crippen LogP contribution in [0.3, 0.4) is 0 Å². The quantitative estimate of drug-likeness (QED) is 0.370. The number of sulfonamides is 1. The highest BCUT2D eigenvalue weighted by Gasteiger charge is 2.22. The predicted octanol–water partition coefficient (Wildman–Crippen LogP) is 5.82. The summed E-state index contributed by atoms with van der Waals surface area (Å²) in [4.78, 5) is 17.6. The molecule has 1 saturated heterocycles. The van der Waals surface area contributed by atoms with E-state index in [0.717, 1.165) is 37.2 Å². The van der Waals surface area contributed by atoms with Gasteiger partial charge in [0, 0.05) is 44.6 Å². The highest BCUT2D eigenvalue weighted by molar-refractivity contribution is 7.92. The van der Waals surface area contributed by atoms with E-state index < -0.39 is 10.0 Å². The number of nitrogens with zero attached hydrogens (tertiary/aromatic N) is 2. The zero-order chi connectivity index (χ0) is 25.9. The third-order valence-corrected chi connectivity index (χ3v) is 7.82. The summed E-state index contributed by atoms with van der Waals surface area (Å²) in [6, 6.07) is 13.1. The minimum atomic E-state index is -3.86. The standard InChI is InChI=1S/C25H25Cl2N3O5S/c1-16-13-19(30-11-9-20(10-12-30)34-17(2)31)4-7-24(16)35-25-8-3-18(15-28-25)29-36(32,33)21-5-6-22(26)23(27)14-21/h3-8,13-15,20,29H,9-12H2,1-2H3. The zero-order valence-electron chi connectivity index (χ0n) is 19.7. The molecule has 190 valence electrons. The fourth-order valence-corrected chi connectivity index (χ4v) is 5.32. The van der Waals surface area contributed by atoms with Gasteiger partial charge in [0.1, 0.15) is 11.9 Å². The lowest BCUT2D eigenvalue weighted by molar-refractivity contribution is -0.147. The van der Waals surface area contributed by atoms with Crippen molar-refractivity contribution >= 4 is 50.6 Å².